The molecule has 116 valence electrons. The van der Waals surface area contributed by atoms with Crippen molar-refractivity contribution in [3.05, 3.63) is 0 Å². The molecule has 1 unspecified atom stereocenters. The highest BCUT2D eigenvalue weighted by atomic mass is 32.2. The first-order chi connectivity index (χ1) is 9.41. The molecule has 1 amide bonds. The van der Waals surface area contributed by atoms with Gasteiger partial charge in [-0.3, -0.25) is 9.69 Å². The number of sulfone groups is 1. The Morgan fingerprint density at radius 1 is 1.20 bits per heavy atom. The van der Waals surface area contributed by atoms with Gasteiger partial charge >= 0.3 is 0 Å². The molecule has 6 nitrogen and oxygen atoms in total. The number of hydrogen-bond acceptors (Lipinski definition) is 5. The van der Waals surface area contributed by atoms with E-state index < -0.39 is 9.84 Å². The van der Waals surface area contributed by atoms with Gasteiger partial charge in [0.05, 0.1) is 18.1 Å². The lowest BCUT2D eigenvalue weighted by Gasteiger charge is -2.35. The molecule has 2 rings (SSSR count). The van der Waals surface area contributed by atoms with Crippen LogP contribution in [0.15, 0.2) is 0 Å². The van der Waals surface area contributed by atoms with Crippen molar-refractivity contribution in [2.45, 2.75) is 19.4 Å². The van der Waals surface area contributed by atoms with Gasteiger partial charge in [0.25, 0.3) is 0 Å². The van der Waals surface area contributed by atoms with Gasteiger partial charge in [-0.25, -0.2) is 8.42 Å². The van der Waals surface area contributed by atoms with E-state index >= 15 is 0 Å². The standard InChI is InChI=1S/C13H25N3O3S/c1-3-15-5-7-16(8-6-15)10-13(17)14(2)12-4-9-20(18,19)11-12/h12H,3-11H2,1-2H3. The number of piperazine rings is 1. The largest absolute Gasteiger partial charge is 0.341 e. The lowest BCUT2D eigenvalue weighted by Crippen LogP contribution is -2.50. The van der Waals surface area contributed by atoms with E-state index in [0.29, 0.717) is 13.0 Å². The molecule has 1 atom stereocenters. The van der Waals surface area contributed by atoms with Crippen molar-refractivity contribution in [3.8, 4) is 0 Å². The predicted octanol–water partition coefficient (Wildman–Crippen LogP) is -0.731. The van der Waals surface area contributed by atoms with E-state index in [0.717, 1.165) is 32.7 Å². The third-order valence-electron chi connectivity index (χ3n) is 4.42. The van der Waals surface area contributed by atoms with E-state index in [-0.39, 0.29) is 23.5 Å². The summed E-state index contributed by atoms with van der Waals surface area (Å²) in [5.74, 6) is 0.376. The first kappa shape index (κ1) is 15.7. The van der Waals surface area contributed by atoms with Crippen LogP contribution in [0.3, 0.4) is 0 Å². The minimum atomic E-state index is -2.93. The summed E-state index contributed by atoms with van der Waals surface area (Å²) >= 11 is 0. The minimum absolute atomic E-state index is 0.0389. The molecule has 0 spiro atoms. The Bertz CT molecular complexity index is 444. The maximum Gasteiger partial charge on any atom is 0.236 e. The fraction of sp³-hybridized carbons (Fsp3) is 0.923. The van der Waals surface area contributed by atoms with E-state index in [4.69, 9.17) is 0 Å². The van der Waals surface area contributed by atoms with Gasteiger partial charge in [-0.05, 0) is 13.0 Å². The smallest absolute Gasteiger partial charge is 0.236 e. The molecule has 0 bridgehead atoms. The van der Waals surface area contributed by atoms with Crippen LogP contribution in [0.2, 0.25) is 0 Å². The molecule has 0 aliphatic carbocycles. The second-order valence-electron chi connectivity index (χ2n) is 5.77. The summed E-state index contributed by atoms with van der Waals surface area (Å²) in [4.78, 5) is 18.4. The molecule has 2 aliphatic rings. The van der Waals surface area contributed by atoms with Gasteiger partial charge in [-0.1, -0.05) is 6.92 Å². The van der Waals surface area contributed by atoms with Crippen LogP contribution in [0, 0.1) is 0 Å². The van der Waals surface area contributed by atoms with Gasteiger partial charge in [-0.2, -0.15) is 0 Å². The van der Waals surface area contributed by atoms with Crippen LogP contribution in [0.4, 0.5) is 0 Å². The molecule has 20 heavy (non-hydrogen) atoms. The number of carbonyl (C=O) groups excluding carboxylic acids is 1. The van der Waals surface area contributed by atoms with Gasteiger partial charge in [0.2, 0.25) is 5.91 Å². The highest BCUT2D eigenvalue weighted by Crippen LogP contribution is 2.16. The second kappa shape index (κ2) is 6.41. The summed E-state index contributed by atoms with van der Waals surface area (Å²) in [7, 11) is -1.20. The molecule has 0 N–H and O–H groups in total. The first-order valence-corrected chi connectivity index (χ1v) is 9.14. The van der Waals surface area contributed by atoms with E-state index in [1.54, 1.807) is 11.9 Å². The molecule has 0 radical (unpaired) electrons. The molecule has 2 fully saturated rings. The normalized spacial score (nSPS) is 27.6. The van der Waals surface area contributed by atoms with Crippen LogP contribution in [0.25, 0.3) is 0 Å². The number of rotatable bonds is 4. The fourth-order valence-corrected chi connectivity index (χ4v) is 4.63. The average Bonchev–Trinajstić information content (AvgIpc) is 2.79. The highest BCUT2D eigenvalue weighted by Gasteiger charge is 2.33. The van der Waals surface area contributed by atoms with Crippen molar-refractivity contribution < 1.29 is 13.2 Å². The number of amides is 1. The monoisotopic (exact) mass is 303 g/mol. The van der Waals surface area contributed by atoms with Gasteiger partial charge < -0.3 is 9.80 Å². The Morgan fingerprint density at radius 2 is 1.80 bits per heavy atom. The molecule has 2 aliphatic heterocycles. The Balaban J connectivity index is 1.80. The van der Waals surface area contributed by atoms with Gasteiger partial charge in [0.1, 0.15) is 0 Å². The van der Waals surface area contributed by atoms with E-state index in [1.165, 1.54) is 0 Å². The number of nitrogens with zero attached hydrogens (tertiary/aromatic N) is 3. The lowest BCUT2D eigenvalue weighted by atomic mass is 10.2. The molecule has 2 heterocycles. The lowest BCUT2D eigenvalue weighted by molar-refractivity contribution is -0.133. The maximum absolute atomic E-state index is 12.2. The summed E-state index contributed by atoms with van der Waals surface area (Å²) in [5.41, 5.74) is 0. The van der Waals surface area contributed by atoms with Crippen molar-refractivity contribution in [3.63, 3.8) is 0 Å². The number of carbonyl (C=O) groups is 1. The quantitative estimate of drug-likeness (QED) is 0.685. The van der Waals surface area contributed by atoms with Crippen LogP contribution >= 0.6 is 0 Å². The van der Waals surface area contributed by atoms with Crippen LogP contribution in [-0.4, -0.2) is 92.9 Å². The van der Waals surface area contributed by atoms with Crippen LogP contribution in [-0.2, 0) is 14.6 Å². The van der Waals surface area contributed by atoms with E-state index in [2.05, 4.69) is 16.7 Å². The Labute approximate surface area is 121 Å². The van der Waals surface area contributed by atoms with Gasteiger partial charge in [-0.15, -0.1) is 0 Å². The second-order valence-corrected chi connectivity index (χ2v) is 8.00. The number of hydrogen-bond donors (Lipinski definition) is 0. The topological polar surface area (TPSA) is 60.9 Å². The number of likely N-dealkylation sites (N-methyl/N-ethyl adjacent to an activating group) is 2. The Morgan fingerprint density at radius 3 is 2.30 bits per heavy atom. The van der Waals surface area contributed by atoms with Crippen molar-refractivity contribution >= 4 is 15.7 Å². The minimum Gasteiger partial charge on any atom is -0.341 e. The third-order valence-corrected chi connectivity index (χ3v) is 6.17. The summed E-state index contributed by atoms with van der Waals surface area (Å²) in [6, 6.07) is -0.135. The van der Waals surface area contributed by atoms with Crippen LogP contribution < -0.4 is 0 Å². The fourth-order valence-electron chi connectivity index (χ4n) is 2.85. The highest BCUT2D eigenvalue weighted by molar-refractivity contribution is 7.91. The summed E-state index contributed by atoms with van der Waals surface area (Å²) in [6.07, 6.45) is 0.578. The predicted molar refractivity (Wildman–Crippen MR) is 78.4 cm³/mol. The molecule has 0 aromatic carbocycles. The zero-order chi connectivity index (χ0) is 14.8. The van der Waals surface area contributed by atoms with E-state index in [9.17, 15) is 13.2 Å². The molecular formula is C13H25N3O3S. The van der Waals surface area contributed by atoms with E-state index in [1.807, 2.05) is 0 Å². The maximum atomic E-state index is 12.2. The summed E-state index contributed by atoms with van der Waals surface area (Å²) in [5, 5.41) is 0. The third kappa shape index (κ3) is 3.93. The van der Waals surface area contributed by atoms with Crippen LogP contribution in [0.5, 0.6) is 0 Å². The molecule has 0 aromatic rings. The molecular weight excluding hydrogens is 278 g/mol. The average molecular weight is 303 g/mol. The van der Waals surface area contributed by atoms with Crippen molar-refractivity contribution in [2.75, 3.05) is 57.8 Å². The van der Waals surface area contributed by atoms with Crippen LogP contribution in [0.1, 0.15) is 13.3 Å². The summed E-state index contributed by atoms with van der Waals surface area (Å²) in [6.45, 7) is 7.45. The van der Waals surface area contributed by atoms with Gasteiger partial charge in [0, 0.05) is 39.3 Å². The molecule has 0 saturated carbocycles. The molecule has 0 aromatic heterocycles. The molecule has 2 saturated heterocycles. The SMILES string of the molecule is CCN1CCN(CC(=O)N(C)C2CCS(=O)(=O)C2)CC1. The van der Waals surface area contributed by atoms with Crippen molar-refractivity contribution in [1.29, 1.82) is 0 Å². The van der Waals surface area contributed by atoms with Crippen molar-refractivity contribution in [1.82, 2.24) is 14.7 Å². The Kier molecular flexibility index (Phi) is 5.04. The zero-order valence-electron chi connectivity index (χ0n) is 12.4. The first-order valence-electron chi connectivity index (χ1n) is 7.32. The summed E-state index contributed by atoms with van der Waals surface area (Å²) < 4.78 is 22.9. The van der Waals surface area contributed by atoms with Crippen molar-refractivity contribution in [2.24, 2.45) is 0 Å². The Hall–Kier alpha value is -0.660. The van der Waals surface area contributed by atoms with Gasteiger partial charge in [0.15, 0.2) is 9.84 Å². The zero-order valence-corrected chi connectivity index (χ0v) is 13.2. The molecule has 7 heteroatoms.